The van der Waals surface area contributed by atoms with E-state index < -0.39 is 5.97 Å². The molecule has 0 unspecified atom stereocenters. The number of aromatic carboxylic acids is 1. The normalized spacial score (nSPS) is 11.0. The number of carboxylic acids is 1. The molecule has 112 valence electrons. The zero-order valence-electron chi connectivity index (χ0n) is 11.9. The van der Waals surface area contributed by atoms with E-state index in [0.29, 0.717) is 0 Å². The molecule has 0 aliphatic rings. The van der Waals surface area contributed by atoms with Gasteiger partial charge in [0.25, 0.3) is 0 Å². The molecule has 0 amide bonds. The van der Waals surface area contributed by atoms with Gasteiger partial charge < -0.3 is 5.11 Å². The maximum absolute atomic E-state index is 11.1. The highest BCUT2D eigenvalue weighted by Gasteiger charge is 2.13. The van der Waals surface area contributed by atoms with Gasteiger partial charge in [0.15, 0.2) is 0 Å². The van der Waals surface area contributed by atoms with Crippen LogP contribution in [-0.2, 0) is 0 Å². The van der Waals surface area contributed by atoms with Crippen LogP contribution in [0, 0.1) is 0 Å². The van der Waals surface area contributed by atoms with Crippen molar-refractivity contribution in [2.24, 2.45) is 0 Å². The molecule has 0 spiro atoms. The van der Waals surface area contributed by atoms with Crippen LogP contribution in [-0.4, -0.2) is 26.3 Å². The van der Waals surface area contributed by atoms with E-state index in [1.165, 1.54) is 11.3 Å². The second kappa shape index (κ2) is 5.33. The van der Waals surface area contributed by atoms with E-state index in [1.807, 2.05) is 35.7 Å². The number of aromatic amines is 1. The lowest BCUT2D eigenvalue weighted by Crippen LogP contribution is -1.95. The topological polar surface area (TPSA) is 78.9 Å². The predicted octanol–water partition coefficient (Wildman–Crippen LogP) is 4.05. The molecule has 0 saturated heterocycles. The van der Waals surface area contributed by atoms with Crippen LogP contribution in [0.5, 0.6) is 0 Å². The summed E-state index contributed by atoms with van der Waals surface area (Å²) in [7, 11) is 0. The van der Waals surface area contributed by atoms with Gasteiger partial charge in [-0.25, -0.2) is 9.78 Å². The minimum atomic E-state index is -0.944. The third-order valence-electron chi connectivity index (χ3n) is 3.58. The van der Waals surface area contributed by atoms with Crippen LogP contribution in [0.3, 0.4) is 0 Å². The number of rotatable bonds is 3. The van der Waals surface area contributed by atoms with Crippen LogP contribution in [0.4, 0.5) is 0 Å². The molecule has 0 saturated carbocycles. The number of hydrogen-bond donors (Lipinski definition) is 2. The van der Waals surface area contributed by atoms with Gasteiger partial charge in [-0.2, -0.15) is 5.10 Å². The fourth-order valence-electron chi connectivity index (χ4n) is 2.45. The van der Waals surface area contributed by atoms with Gasteiger partial charge in [0.1, 0.15) is 10.7 Å². The second-order valence-electron chi connectivity index (χ2n) is 5.04. The van der Waals surface area contributed by atoms with Gasteiger partial charge in [0.05, 0.1) is 16.8 Å². The number of carboxylic acid groups (broad SMARTS) is 1. The number of para-hydroxylation sites is 1. The number of H-pyrrole nitrogens is 1. The Labute approximate surface area is 135 Å². The number of nitrogens with one attached hydrogen (secondary N) is 1. The molecule has 2 aromatic heterocycles. The Hall–Kier alpha value is -2.99. The molecule has 0 fully saturated rings. The molecule has 23 heavy (non-hydrogen) atoms. The first-order valence-corrected chi connectivity index (χ1v) is 7.83. The molecular formula is C17H11N3O2S. The number of nitrogens with zero attached hydrogens (tertiary/aromatic N) is 2. The van der Waals surface area contributed by atoms with Crippen molar-refractivity contribution in [3.05, 3.63) is 59.5 Å². The quantitative estimate of drug-likeness (QED) is 0.596. The maximum Gasteiger partial charge on any atom is 0.335 e. The van der Waals surface area contributed by atoms with Gasteiger partial charge in [0.2, 0.25) is 0 Å². The van der Waals surface area contributed by atoms with Crippen molar-refractivity contribution in [2.45, 2.75) is 0 Å². The molecule has 4 rings (SSSR count). The Bertz CT molecular complexity index is 1020. The largest absolute Gasteiger partial charge is 0.478 e. The van der Waals surface area contributed by atoms with E-state index >= 15 is 0 Å². The van der Waals surface area contributed by atoms with Crippen molar-refractivity contribution in [3.63, 3.8) is 0 Å². The minimum Gasteiger partial charge on any atom is -0.478 e. The van der Waals surface area contributed by atoms with Gasteiger partial charge in [-0.05, 0) is 18.2 Å². The Balaban J connectivity index is 1.77. The van der Waals surface area contributed by atoms with Gasteiger partial charge in [-0.3, -0.25) is 5.10 Å². The summed E-state index contributed by atoms with van der Waals surface area (Å²) in [6, 6.07) is 14.7. The third-order valence-corrected chi connectivity index (χ3v) is 4.43. The highest BCUT2D eigenvalue weighted by atomic mass is 32.1. The van der Waals surface area contributed by atoms with Crippen LogP contribution in [0.1, 0.15) is 10.4 Å². The van der Waals surface area contributed by atoms with E-state index in [9.17, 15) is 4.79 Å². The first-order chi connectivity index (χ1) is 11.2. The molecule has 2 heterocycles. The highest BCUT2D eigenvalue weighted by Crippen LogP contribution is 2.32. The first-order valence-electron chi connectivity index (χ1n) is 6.95. The van der Waals surface area contributed by atoms with Gasteiger partial charge >= 0.3 is 5.97 Å². The summed E-state index contributed by atoms with van der Waals surface area (Å²) in [5.74, 6) is -0.944. The summed E-state index contributed by atoms with van der Waals surface area (Å²) < 4.78 is 0. The summed E-state index contributed by atoms with van der Waals surface area (Å²) in [6.07, 6.45) is 0. The zero-order chi connectivity index (χ0) is 15.8. The van der Waals surface area contributed by atoms with Crippen molar-refractivity contribution in [1.82, 2.24) is 15.2 Å². The Morgan fingerprint density at radius 2 is 2.00 bits per heavy atom. The molecule has 6 heteroatoms. The second-order valence-corrected chi connectivity index (χ2v) is 5.90. The summed E-state index contributed by atoms with van der Waals surface area (Å²) in [4.78, 5) is 15.7. The smallest absolute Gasteiger partial charge is 0.335 e. The van der Waals surface area contributed by atoms with Crippen LogP contribution >= 0.6 is 11.3 Å². The van der Waals surface area contributed by atoms with E-state index in [4.69, 9.17) is 5.11 Å². The molecule has 0 aliphatic carbocycles. The number of hydrogen-bond acceptors (Lipinski definition) is 4. The maximum atomic E-state index is 11.1. The lowest BCUT2D eigenvalue weighted by molar-refractivity contribution is 0.0697. The van der Waals surface area contributed by atoms with E-state index in [1.54, 1.807) is 18.2 Å². The molecule has 2 aromatic carbocycles. The summed E-state index contributed by atoms with van der Waals surface area (Å²) in [6.45, 7) is 0. The third kappa shape index (κ3) is 2.39. The van der Waals surface area contributed by atoms with Gasteiger partial charge in [0, 0.05) is 16.3 Å². The predicted molar refractivity (Wildman–Crippen MR) is 89.6 cm³/mol. The first kappa shape index (κ1) is 13.7. The number of fused-ring (bicyclic) bond motifs is 1. The highest BCUT2D eigenvalue weighted by molar-refractivity contribution is 7.13. The fraction of sp³-hybridized carbons (Fsp3) is 0. The standard InChI is InChI=1S/C17H11N3O2S/c21-17(22)11-5-3-4-10(8-11)14-9-23-16(18-14)15-12-6-1-2-7-13(12)19-20-15/h1-9H,(H,19,20)(H,21,22). The Kier molecular flexibility index (Phi) is 3.17. The molecule has 4 aromatic rings. The Morgan fingerprint density at radius 1 is 1.13 bits per heavy atom. The van der Waals surface area contributed by atoms with Crippen LogP contribution in [0.15, 0.2) is 53.9 Å². The molecule has 5 nitrogen and oxygen atoms in total. The lowest BCUT2D eigenvalue weighted by Gasteiger charge is -1.98. The van der Waals surface area contributed by atoms with Crippen LogP contribution in [0.2, 0.25) is 0 Å². The van der Waals surface area contributed by atoms with Crippen molar-refractivity contribution < 1.29 is 9.90 Å². The minimum absolute atomic E-state index is 0.252. The molecule has 0 atom stereocenters. The van der Waals surface area contributed by atoms with Gasteiger partial charge in [-0.1, -0.05) is 30.3 Å². The molecule has 0 radical (unpaired) electrons. The van der Waals surface area contributed by atoms with E-state index in [0.717, 1.165) is 32.9 Å². The van der Waals surface area contributed by atoms with Crippen molar-refractivity contribution in [2.75, 3.05) is 0 Å². The summed E-state index contributed by atoms with van der Waals surface area (Å²) in [5.41, 5.74) is 3.56. The van der Waals surface area contributed by atoms with Crippen LogP contribution in [0.25, 0.3) is 32.9 Å². The number of aromatic nitrogens is 3. The number of benzene rings is 2. The average Bonchev–Trinajstić information content (AvgIpc) is 3.21. The summed E-state index contributed by atoms with van der Waals surface area (Å²) in [5, 5.41) is 20.2. The van der Waals surface area contributed by atoms with Crippen molar-refractivity contribution in [1.29, 1.82) is 0 Å². The zero-order valence-corrected chi connectivity index (χ0v) is 12.7. The summed E-state index contributed by atoms with van der Waals surface area (Å²) >= 11 is 1.49. The van der Waals surface area contributed by atoms with Gasteiger partial charge in [-0.15, -0.1) is 11.3 Å². The monoisotopic (exact) mass is 321 g/mol. The Morgan fingerprint density at radius 3 is 2.87 bits per heavy atom. The average molecular weight is 321 g/mol. The number of thiazole rings is 1. The molecular weight excluding hydrogens is 310 g/mol. The SMILES string of the molecule is O=C(O)c1cccc(-c2csc(-c3n[nH]c4ccccc34)n2)c1. The van der Waals surface area contributed by atoms with Crippen LogP contribution < -0.4 is 0 Å². The molecule has 0 aliphatic heterocycles. The van der Waals surface area contributed by atoms with E-state index in [-0.39, 0.29) is 5.56 Å². The van der Waals surface area contributed by atoms with Crippen molar-refractivity contribution in [3.8, 4) is 22.0 Å². The van der Waals surface area contributed by atoms with E-state index in [2.05, 4.69) is 15.2 Å². The van der Waals surface area contributed by atoms with Crippen molar-refractivity contribution >= 4 is 28.2 Å². The lowest BCUT2D eigenvalue weighted by atomic mass is 10.1. The molecule has 0 bridgehead atoms. The fourth-order valence-corrected chi connectivity index (χ4v) is 3.28. The number of carbonyl (C=O) groups is 1. The molecule has 2 N–H and O–H groups in total.